The van der Waals surface area contributed by atoms with Gasteiger partial charge in [0, 0.05) is 19.4 Å². The van der Waals surface area contributed by atoms with Crippen LogP contribution in [0.2, 0.25) is 0 Å². The van der Waals surface area contributed by atoms with Gasteiger partial charge in [-0.05, 0) is 25.7 Å². The Bertz CT molecular complexity index is 549. The fraction of sp³-hybridized carbons (Fsp3) is 0.667. The van der Waals surface area contributed by atoms with Crippen molar-refractivity contribution in [3.05, 3.63) is 0 Å². The molecule has 0 aliphatic carbocycles. The predicted molar refractivity (Wildman–Crippen MR) is 80.3 cm³/mol. The summed E-state index contributed by atoms with van der Waals surface area (Å²) in [4.78, 5) is 58.7. The molecule has 0 aromatic carbocycles. The van der Waals surface area contributed by atoms with E-state index in [2.05, 4.69) is 5.32 Å². The van der Waals surface area contributed by atoms with Gasteiger partial charge in [-0.3, -0.25) is 24.2 Å². The fourth-order valence-electron chi connectivity index (χ4n) is 3.02. The molecule has 2 N–H and O–H groups in total. The van der Waals surface area contributed by atoms with E-state index in [0.717, 1.165) is 0 Å². The number of carboxylic acid groups (broad SMARTS) is 1. The molecule has 2 heterocycles. The molecule has 0 unspecified atom stereocenters. The largest absolute Gasteiger partial charge is 0.481 e. The Balaban J connectivity index is 2.15. The molecule has 132 valence electrons. The lowest BCUT2D eigenvalue weighted by Crippen LogP contribution is -2.63. The predicted octanol–water partition coefficient (Wildman–Crippen LogP) is -0.547. The number of hydrogen-bond acceptors (Lipinski definition) is 5. The zero-order valence-corrected chi connectivity index (χ0v) is 13.3. The SMILES string of the molecule is O=C[C@H](CC(=O)O)NC(=O)[C@@H]1CCCN2C(=O)CCCCC(=O)N12. The van der Waals surface area contributed by atoms with E-state index in [1.807, 2.05) is 0 Å². The highest BCUT2D eigenvalue weighted by molar-refractivity contribution is 5.91. The number of hydrazine groups is 1. The Kier molecular flexibility index (Phi) is 5.88. The second kappa shape index (κ2) is 7.89. The second-order valence-electron chi connectivity index (χ2n) is 5.97. The van der Waals surface area contributed by atoms with Crippen LogP contribution in [0.4, 0.5) is 0 Å². The van der Waals surface area contributed by atoms with Crippen molar-refractivity contribution in [2.75, 3.05) is 6.54 Å². The Labute approximate surface area is 138 Å². The fourth-order valence-corrected chi connectivity index (χ4v) is 3.02. The molecule has 0 spiro atoms. The van der Waals surface area contributed by atoms with Crippen molar-refractivity contribution in [3.63, 3.8) is 0 Å². The Morgan fingerprint density at radius 2 is 1.88 bits per heavy atom. The summed E-state index contributed by atoms with van der Waals surface area (Å²) in [5.41, 5.74) is 0. The quantitative estimate of drug-likeness (QED) is 0.648. The van der Waals surface area contributed by atoms with E-state index in [-0.39, 0.29) is 18.2 Å². The summed E-state index contributed by atoms with van der Waals surface area (Å²) < 4.78 is 0. The van der Waals surface area contributed by atoms with Crippen LogP contribution in [-0.4, -0.2) is 63.7 Å². The molecule has 2 aliphatic rings. The van der Waals surface area contributed by atoms with E-state index in [9.17, 15) is 24.0 Å². The third-order valence-electron chi connectivity index (χ3n) is 4.17. The highest BCUT2D eigenvalue weighted by Gasteiger charge is 2.40. The summed E-state index contributed by atoms with van der Waals surface area (Å²) in [5.74, 6) is -2.32. The van der Waals surface area contributed by atoms with Crippen LogP contribution in [-0.2, 0) is 24.0 Å². The molecule has 9 heteroatoms. The van der Waals surface area contributed by atoms with E-state index in [1.165, 1.54) is 10.0 Å². The van der Waals surface area contributed by atoms with Crippen LogP contribution in [0.25, 0.3) is 0 Å². The molecule has 3 amide bonds. The number of fused-ring (bicyclic) bond motifs is 1. The summed E-state index contributed by atoms with van der Waals surface area (Å²) in [5, 5.41) is 13.6. The van der Waals surface area contributed by atoms with E-state index in [0.29, 0.717) is 44.9 Å². The number of nitrogens with one attached hydrogen (secondary N) is 1. The summed E-state index contributed by atoms with van der Waals surface area (Å²) in [7, 11) is 0. The molecule has 0 aromatic heterocycles. The van der Waals surface area contributed by atoms with Gasteiger partial charge in [-0.15, -0.1) is 0 Å². The molecule has 2 rings (SSSR count). The second-order valence-corrected chi connectivity index (χ2v) is 5.97. The lowest BCUT2D eigenvalue weighted by atomic mass is 10.0. The molecule has 0 aromatic rings. The van der Waals surface area contributed by atoms with Crippen LogP contribution in [0.15, 0.2) is 0 Å². The van der Waals surface area contributed by atoms with Gasteiger partial charge in [0.2, 0.25) is 17.7 Å². The number of rotatable bonds is 5. The Morgan fingerprint density at radius 1 is 1.21 bits per heavy atom. The number of amides is 3. The van der Waals surface area contributed by atoms with Gasteiger partial charge in [-0.1, -0.05) is 0 Å². The normalized spacial score (nSPS) is 22.9. The molecule has 24 heavy (non-hydrogen) atoms. The number of carbonyl (C=O) groups excluding carboxylic acids is 4. The first-order valence-corrected chi connectivity index (χ1v) is 8.04. The number of hydrogen-bond donors (Lipinski definition) is 2. The van der Waals surface area contributed by atoms with Gasteiger partial charge >= 0.3 is 5.97 Å². The van der Waals surface area contributed by atoms with Gasteiger partial charge in [0.15, 0.2) is 0 Å². The van der Waals surface area contributed by atoms with Crippen molar-refractivity contribution in [1.82, 2.24) is 15.3 Å². The summed E-state index contributed by atoms with van der Waals surface area (Å²) in [6.45, 7) is 0.376. The number of carboxylic acids is 1. The third kappa shape index (κ3) is 4.09. The zero-order valence-electron chi connectivity index (χ0n) is 13.3. The maximum Gasteiger partial charge on any atom is 0.305 e. The molecule has 2 fully saturated rings. The van der Waals surface area contributed by atoms with Gasteiger partial charge in [0.25, 0.3) is 0 Å². The minimum Gasteiger partial charge on any atom is -0.481 e. The molecule has 0 bridgehead atoms. The van der Waals surface area contributed by atoms with Gasteiger partial charge in [0.05, 0.1) is 12.5 Å². The molecule has 2 saturated heterocycles. The van der Waals surface area contributed by atoms with E-state index < -0.39 is 30.4 Å². The molecule has 2 aliphatic heterocycles. The van der Waals surface area contributed by atoms with Crippen molar-refractivity contribution in [2.24, 2.45) is 0 Å². The molecule has 9 nitrogen and oxygen atoms in total. The number of aldehydes is 1. The van der Waals surface area contributed by atoms with Crippen molar-refractivity contribution in [2.45, 2.75) is 57.0 Å². The van der Waals surface area contributed by atoms with Crippen LogP contribution in [0, 0.1) is 0 Å². The maximum atomic E-state index is 12.5. The minimum absolute atomic E-state index is 0.196. The molecule has 2 atom stereocenters. The van der Waals surface area contributed by atoms with Crippen LogP contribution in [0.1, 0.15) is 44.9 Å². The molecule has 0 radical (unpaired) electrons. The summed E-state index contributed by atoms with van der Waals surface area (Å²) in [6, 6.07) is -2.06. The van der Waals surface area contributed by atoms with Crippen molar-refractivity contribution in [1.29, 1.82) is 0 Å². The van der Waals surface area contributed by atoms with E-state index in [4.69, 9.17) is 5.11 Å². The van der Waals surface area contributed by atoms with Gasteiger partial charge in [0.1, 0.15) is 12.3 Å². The van der Waals surface area contributed by atoms with Gasteiger partial charge in [-0.25, -0.2) is 5.01 Å². The van der Waals surface area contributed by atoms with Crippen LogP contribution in [0.3, 0.4) is 0 Å². The summed E-state index contributed by atoms with van der Waals surface area (Å²) in [6.07, 6.45) is 2.54. The average molecular weight is 339 g/mol. The van der Waals surface area contributed by atoms with Crippen LogP contribution in [0.5, 0.6) is 0 Å². The average Bonchev–Trinajstić information content (AvgIpc) is 2.55. The number of aliphatic carboxylic acids is 1. The van der Waals surface area contributed by atoms with Crippen molar-refractivity contribution < 1.29 is 29.1 Å². The van der Waals surface area contributed by atoms with Crippen LogP contribution < -0.4 is 5.32 Å². The van der Waals surface area contributed by atoms with Gasteiger partial charge in [-0.2, -0.15) is 0 Å². The monoisotopic (exact) mass is 339 g/mol. The first kappa shape index (κ1) is 17.9. The first-order valence-electron chi connectivity index (χ1n) is 8.04. The Morgan fingerprint density at radius 3 is 2.50 bits per heavy atom. The van der Waals surface area contributed by atoms with E-state index >= 15 is 0 Å². The standard InChI is InChI=1S/C15H21N3O6/c19-9-10(8-14(22)23)16-15(24)11-4-3-7-17-12(20)5-1-2-6-13(21)18(11)17/h9-11H,1-8H2,(H,16,24)(H,22,23)/t10-,11-/m0/s1. The van der Waals surface area contributed by atoms with Gasteiger partial charge < -0.3 is 15.2 Å². The van der Waals surface area contributed by atoms with E-state index in [1.54, 1.807) is 0 Å². The van der Waals surface area contributed by atoms with Crippen molar-refractivity contribution in [3.8, 4) is 0 Å². The van der Waals surface area contributed by atoms with Crippen molar-refractivity contribution >= 4 is 30.0 Å². The lowest BCUT2D eigenvalue weighted by Gasteiger charge is -2.44. The smallest absolute Gasteiger partial charge is 0.305 e. The topological polar surface area (TPSA) is 124 Å². The number of nitrogens with zero attached hydrogens (tertiary/aromatic N) is 2. The Hall–Kier alpha value is -2.45. The highest BCUT2D eigenvalue weighted by atomic mass is 16.4. The highest BCUT2D eigenvalue weighted by Crippen LogP contribution is 2.24. The number of carbonyl (C=O) groups is 5. The maximum absolute atomic E-state index is 12.5. The first-order chi connectivity index (χ1) is 11.4. The third-order valence-corrected chi connectivity index (χ3v) is 4.17. The molecule has 0 saturated carbocycles. The molecular formula is C15H21N3O6. The van der Waals surface area contributed by atoms with Crippen LogP contribution >= 0.6 is 0 Å². The zero-order chi connectivity index (χ0) is 17.7. The lowest BCUT2D eigenvalue weighted by molar-refractivity contribution is -0.179. The minimum atomic E-state index is -1.21. The summed E-state index contributed by atoms with van der Waals surface area (Å²) >= 11 is 0. The molecular weight excluding hydrogens is 318 g/mol.